The monoisotopic (exact) mass is 227 g/mol. The zero-order valence-electron chi connectivity index (χ0n) is 9.98. The maximum absolute atomic E-state index is 4.41. The van der Waals surface area contributed by atoms with E-state index in [4.69, 9.17) is 0 Å². The van der Waals surface area contributed by atoms with Crippen LogP contribution in [-0.2, 0) is 0 Å². The normalized spacial score (nSPS) is 30.9. The molecule has 2 aliphatic heterocycles. The Balaban J connectivity index is 1.91. The van der Waals surface area contributed by atoms with Gasteiger partial charge in [-0.05, 0) is 25.0 Å². The Labute approximate surface area is 102 Å². The summed E-state index contributed by atoms with van der Waals surface area (Å²) < 4.78 is 0. The molecule has 2 aliphatic rings. The first kappa shape index (κ1) is 10.4. The molecule has 0 amide bonds. The van der Waals surface area contributed by atoms with Gasteiger partial charge in [0.25, 0.3) is 0 Å². The Morgan fingerprint density at radius 1 is 1.29 bits per heavy atom. The van der Waals surface area contributed by atoms with Gasteiger partial charge in [0.05, 0.1) is 18.1 Å². The van der Waals surface area contributed by atoms with Gasteiger partial charge in [0.2, 0.25) is 0 Å². The summed E-state index contributed by atoms with van der Waals surface area (Å²) in [5, 5.41) is 7.04. The van der Waals surface area contributed by atoms with E-state index in [0.717, 1.165) is 18.8 Å². The van der Waals surface area contributed by atoms with Crippen molar-refractivity contribution in [3.8, 4) is 0 Å². The molecule has 2 bridgehead atoms. The van der Waals surface area contributed by atoms with E-state index in [0.29, 0.717) is 6.04 Å². The van der Waals surface area contributed by atoms with Gasteiger partial charge in [-0.2, -0.15) is 0 Å². The van der Waals surface area contributed by atoms with Gasteiger partial charge in [-0.15, -0.1) is 0 Å². The molecule has 2 N–H and O–H groups in total. The van der Waals surface area contributed by atoms with Gasteiger partial charge in [0, 0.05) is 6.21 Å². The topological polar surface area (TPSA) is 36.4 Å². The molecule has 0 aliphatic carbocycles. The van der Waals surface area contributed by atoms with Crippen LogP contribution in [0.25, 0.3) is 0 Å². The van der Waals surface area contributed by atoms with Crippen molar-refractivity contribution in [1.82, 2.24) is 10.6 Å². The van der Waals surface area contributed by atoms with Crippen LogP contribution >= 0.6 is 0 Å². The van der Waals surface area contributed by atoms with Crippen molar-refractivity contribution in [2.75, 3.05) is 6.54 Å². The van der Waals surface area contributed by atoms with Crippen molar-refractivity contribution in [2.24, 2.45) is 4.99 Å². The summed E-state index contributed by atoms with van der Waals surface area (Å²) in [6.07, 6.45) is 4.94. The van der Waals surface area contributed by atoms with E-state index in [2.05, 4.69) is 52.9 Å². The molecular weight excluding hydrogens is 210 g/mol. The van der Waals surface area contributed by atoms with Gasteiger partial charge in [-0.3, -0.25) is 4.99 Å². The Bertz CT molecular complexity index is 464. The summed E-state index contributed by atoms with van der Waals surface area (Å²) in [7, 11) is 0. The number of aliphatic imine (C=N–C) groups is 1. The molecule has 1 saturated heterocycles. The average Bonchev–Trinajstić information content (AvgIpc) is 2.48. The third-order valence-corrected chi connectivity index (χ3v) is 3.41. The first-order valence-corrected chi connectivity index (χ1v) is 6.05. The smallest absolute Gasteiger partial charge is 0.101 e. The van der Waals surface area contributed by atoms with Gasteiger partial charge in [0.1, 0.15) is 5.82 Å². The second-order valence-electron chi connectivity index (χ2n) is 5.07. The van der Waals surface area contributed by atoms with Crippen LogP contribution in [-0.4, -0.2) is 18.3 Å². The van der Waals surface area contributed by atoms with Crippen molar-refractivity contribution in [3.05, 3.63) is 47.8 Å². The molecule has 3 rings (SSSR count). The predicted octanol–water partition coefficient (Wildman–Crippen LogP) is 2.00. The lowest BCUT2D eigenvalue weighted by Crippen LogP contribution is -2.54. The lowest BCUT2D eigenvalue weighted by molar-refractivity contribution is 0.273. The molecule has 2 heterocycles. The van der Waals surface area contributed by atoms with E-state index in [1.807, 2.05) is 12.3 Å². The van der Waals surface area contributed by atoms with Crippen molar-refractivity contribution in [2.45, 2.75) is 24.9 Å². The summed E-state index contributed by atoms with van der Waals surface area (Å²) in [6, 6.07) is 11.0. The quantitative estimate of drug-likeness (QED) is 0.770. The minimum Gasteiger partial charge on any atom is -0.365 e. The molecule has 2 atom stereocenters. The van der Waals surface area contributed by atoms with Gasteiger partial charge in [-0.25, -0.2) is 0 Å². The Kier molecular flexibility index (Phi) is 2.39. The summed E-state index contributed by atoms with van der Waals surface area (Å²) in [6.45, 7) is 3.07. The molecule has 1 fully saturated rings. The maximum atomic E-state index is 4.41. The fourth-order valence-corrected chi connectivity index (χ4v) is 2.56. The molecular formula is C14H17N3. The highest BCUT2D eigenvalue weighted by Gasteiger charge is 2.34. The van der Waals surface area contributed by atoms with Crippen molar-refractivity contribution >= 4 is 6.21 Å². The number of allylic oxidation sites excluding steroid dienone is 1. The van der Waals surface area contributed by atoms with Gasteiger partial charge >= 0.3 is 0 Å². The van der Waals surface area contributed by atoms with E-state index in [9.17, 15) is 0 Å². The van der Waals surface area contributed by atoms with Crippen LogP contribution in [0.3, 0.4) is 0 Å². The lowest BCUT2D eigenvalue weighted by atomic mass is 9.87. The first-order valence-electron chi connectivity index (χ1n) is 6.05. The molecule has 3 heteroatoms. The molecule has 88 valence electrons. The van der Waals surface area contributed by atoms with Crippen LogP contribution in [0.15, 0.2) is 47.2 Å². The molecule has 1 aromatic carbocycles. The number of hydrogen-bond donors (Lipinski definition) is 2. The van der Waals surface area contributed by atoms with Crippen LogP contribution in [0.4, 0.5) is 0 Å². The summed E-state index contributed by atoms with van der Waals surface area (Å²) in [4.78, 5) is 4.41. The van der Waals surface area contributed by atoms with Crippen LogP contribution < -0.4 is 10.6 Å². The fraction of sp³-hybridized carbons (Fsp3) is 0.357. The van der Waals surface area contributed by atoms with E-state index in [-0.39, 0.29) is 5.54 Å². The van der Waals surface area contributed by atoms with Crippen molar-refractivity contribution in [3.63, 3.8) is 0 Å². The van der Waals surface area contributed by atoms with Crippen LogP contribution in [0.5, 0.6) is 0 Å². The number of nitrogens with zero attached hydrogens (tertiary/aromatic N) is 1. The van der Waals surface area contributed by atoms with Crippen LogP contribution in [0.2, 0.25) is 0 Å². The number of hydrogen-bond acceptors (Lipinski definition) is 3. The zero-order valence-corrected chi connectivity index (χ0v) is 9.98. The van der Waals surface area contributed by atoms with Crippen molar-refractivity contribution < 1.29 is 0 Å². The van der Waals surface area contributed by atoms with Gasteiger partial charge in [-0.1, -0.05) is 30.3 Å². The molecule has 3 nitrogen and oxygen atoms in total. The highest BCUT2D eigenvalue weighted by molar-refractivity contribution is 5.72. The standard InChI is InChI=1S/C14H17N3/c1-14-9-12(11-5-3-2-4-6-11)16-13(17-14)7-8-15-10-14/h2-8,12,16-17H,9-10H2,1H3. The Hall–Kier alpha value is -1.77. The number of benzene rings is 1. The molecule has 0 aromatic heterocycles. The summed E-state index contributed by atoms with van der Waals surface area (Å²) in [5.74, 6) is 1.08. The fourth-order valence-electron chi connectivity index (χ4n) is 2.56. The van der Waals surface area contributed by atoms with Gasteiger partial charge < -0.3 is 10.6 Å². The minimum absolute atomic E-state index is 0.0601. The Morgan fingerprint density at radius 2 is 2.12 bits per heavy atom. The molecule has 17 heavy (non-hydrogen) atoms. The predicted molar refractivity (Wildman–Crippen MR) is 69.9 cm³/mol. The molecule has 0 saturated carbocycles. The van der Waals surface area contributed by atoms with E-state index in [1.165, 1.54) is 5.56 Å². The second-order valence-corrected chi connectivity index (χ2v) is 5.07. The molecule has 1 aromatic rings. The van der Waals surface area contributed by atoms with E-state index in [1.54, 1.807) is 0 Å². The summed E-state index contributed by atoms with van der Waals surface area (Å²) >= 11 is 0. The minimum atomic E-state index is 0.0601. The lowest BCUT2D eigenvalue weighted by Gasteiger charge is -2.41. The highest BCUT2D eigenvalue weighted by Crippen LogP contribution is 2.30. The van der Waals surface area contributed by atoms with E-state index < -0.39 is 0 Å². The van der Waals surface area contributed by atoms with E-state index >= 15 is 0 Å². The summed E-state index contributed by atoms with van der Waals surface area (Å²) in [5.41, 5.74) is 1.40. The molecule has 0 radical (unpaired) electrons. The second kappa shape index (κ2) is 3.91. The average molecular weight is 227 g/mol. The Morgan fingerprint density at radius 3 is 2.94 bits per heavy atom. The third-order valence-electron chi connectivity index (χ3n) is 3.41. The number of nitrogens with one attached hydrogen (secondary N) is 2. The van der Waals surface area contributed by atoms with Crippen molar-refractivity contribution in [1.29, 1.82) is 0 Å². The largest absolute Gasteiger partial charge is 0.365 e. The zero-order chi connectivity index (χ0) is 11.7. The first-order chi connectivity index (χ1) is 8.25. The van der Waals surface area contributed by atoms with Crippen LogP contribution in [0.1, 0.15) is 24.9 Å². The molecule has 0 spiro atoms. The molecule has 2 unspecified atom stereocenters. The SMILES string of the molecule is CC12CN=CC=C(NC(c3ccccc3)C1)N2. The van der Waals surface area contributed by atoms with Gasteiger partial charge in [0.15, 0.2) is 0 Å². The van der Waals surface area contributed by atoms with Crippen LogP contribution in [0, 0.1) is 0 Å². The number of fused-ring (bicyclic) bond motifs is 2. The highest BCUT2D eigenvalue weighted by atomic mass is 15.2. The third kappa shape index (κ3) is 2.05. The number of rotatable bonds is 1. The maximum Gasteiger partial charge on any atom is 0.101 e.